The summed E-state index contributed by atoms with van der Waals surface area (Å²) in [6, 6.07) is 3.67. The first-order valence-corrected chi connectivity index (χ1v) is 5.00. The molecule has 0 aromatic carbocycles. The van der Waals surface area contributed by atoms with Crippen LogP contribution in [0.5, 0.6) is 0 Å². The van der Waals surface area contributed by atoms with Gasteiger partial charge in [-0.15, -0.1) is 0 Å². The number of aliphatic hydroxyl groups excluding tert-OH is 1. The number of aromatic nitrogens is 2. The fourth-order valence-corrected chi connectivity index (χ4v) is 1.59. The molecule has 2 aromatic heterocycles. The average Bonchev–Trinajstić information content (AvgIpc) is 2.73. The Morgan fingerprint density at radius 2 is 2.33 bits per heavy atom. The van der Waals surface area contributed by atoms with Gasteiger partial charge in [-0.05, 0) is 19.1 Å². The molecule has 0 aliphatic heterocycles. The minimum Gasteiger partial charge on any atom is -0.460 e. The number of aromatic amines is 1. The van der Waals surface area contributed by atoms with Gasteiger partial charge in [-0.2, -0.15) is 0 Å². The van der Waals surface area contributed by atoms with Crippen molar-refractivity contribution in [3.8, 4) is 11.5 Å². The van der Waals surface area contributed by atoms with Crippen molar-refractivity contribution < 1.29 is 9.52 Å². The highest BCUT2D eigenvalue weighted by molar-refractivity contribution is 6.31. The van der Waals surface area contributed by atoms with Crippen molar-refractivity contribution in [3.63, 3.8) is 0 Å². The Bertz CT molecular complexity index is 462. The Morgan fingerprint density at radius 3 is 2.93 bits per heavy atom. The molecule has 0 saturated carbocycles. The van der Waals surface area contributed by atoms with Crippen molar-refractivity contribution in [2.45, 2.75) is 13.3 Å². The van der Waals surface area contributed by atoms with Gasteiger partial charge in [0.25, 0.3) is 0 Å². The van der Waals surface area contributed by atoms with E-state index in [0.717, 1.165) is 5.76 Å². The van der Waals surface area contributed by atoms with Crippen LogP contribution in [0.2, 0.25) is 5.15 Å². The third-order valence-electron chi connectivity index (χ3n) is 2.03. The monoisotopic (exact) mass is 226 g/mol. The molecule has 0 saturated heterocycles. The fourth-order valence-electron chi connectivity index (χ4n) is 1.35. The van der Waals surface area contributed by atoms with Crippen LogP contribution in [0.1, 0.15) is 11.6 Å². The van der Waals surface area contributed by atoms with Gasteiger partial charge in [-0.25, -0.2) is 4.98 Å². The molecule has 2 rings (SSSR count). The summed E-state index contributed by atoms with van der Waals surface area (Å²) in [6.45, 7) is 1.90. The van der Waals surface area contributed by atoms with E-state index in [-0.39, 0.29) is 6.61 Å². The van der Waals surface area contributed by atoms with E-state index in [0.29, 0.717) is 28.9 Å². The lowest BCUT2D eigenvalue weighted by Crippen LogP contribution is -1.92. The van der Waals surface area contributed by atoms with Gasteiger partial charge in [0.2, 0.25) is 0 Å². The van der Waals surface area contributed by atoms with Gasteiger partial charge < -0.3 is 14.5 Å². The van der Waals surface area contributed by atoms with Crippen LogP contribution >= 0.6 is 11.6 Å². The number of nitrogens with zero attached hydrogens (tertiary/aromatic N) is 1. The SMILES string of the molecule is Cc1ccc(-c2nc(CCO)[nH]c2Cl)o1. The van der Waals surface area contributed by atoms with Crippen LogP contribution in [0.15, 0.2) is 16.5 Å². The van der Waals surface area contributed by atoms with E-state index < -0.39 is 0 Å². The molecule has 5 heteroatoms. The second-order valence-corrected chi connectivity index (χ2v) is 3.61. The third-order valence-corrected chi connectivity index (χ3v) is 2.30. The first-order chi connectivity index (χ1) is 7.20. The second kappa shape index (κ2) is 4.08. The topological polar surface area (TPSA) is 62.1 Å². The summed E-state index contributed by atoms with van der Waals surface area (Å²) in [5.41, 5.74) is 0.591. The zero-order valence-corrected chi connectivity index (χ0v) is 9.01. The fraction of sp³-hybridized carbons (Fsp3) is 0.300. The molecule has 0 unspecified atom stereocenters. The van der Waals surface area contributed by atoms with E-state index in [9.17, 15) is 0 Å². The maximum atomic E-state index is 8.77. The van der Waals surface area contributed by atoms with Crippen LogP contribution in [0.3, 0.4) is 0 Å². The van der Waals surface area contributed by atoms with E-state index in [1.165, 1.54) is 0 Å². The van der Waals surface area contributed by atoms with Crippen molar-refractivity contribution in [3.05, 3.63) is 28.9 Å². The maximum absolute atomic E-state index is 8.77. The summed E-state index contributed by atoms with van der Waals surface area (Å²) in [4.78, 5) is 7.13. The number of furan rings is 1. The number of hydrogen-bond donors (Lipinski definition) is 2. The number of aliphatic hydroxyl groups is 1. The van der Waals surface area contributed by atoms with E-state index in [2.05, 4.69) is 9.97 Å². The van der Waals surface area contributed by atoms with E-state index in [1.54, 1.807) is 0 Å². The molecule has 2 aromatic rings. The van der Waals surface area contributed by atoms with E-state index >= 15 is 0 Å². The summed E-state index contributed by atoms with van der Waals surface area (Å²) in [5.74, 6) is 2.11. The summed E-state index contributed by atoms with van der Waals surface area (Å²) >= 11 is 5.96. The number of aryl methyl sites for hydroxylation is 1. The third kappa shape index (κ3) is 2.06. The molecule has 0 amide bonds. The van der Waals surface area contributed by atoms with Crippen LogP contribution < -0.4 is 0 Å². The van der Waals surface area contributed by atoms with Crippen molar-refractivity contribution in [2.75, 3.05) is 6.61 Å². The summed E-state index contributed by atoms with van der Waals surface area (Å²) in [6.07, 6.45) is 0.458. The highest BCUT2D eigenvalue weighted by Crippen LogP contribution is 2.27. The molecule has 2 N–H and O–H groups in total. The smallest absolute Gasteiger partial charge is 0.155 e. The molecule has 0 bridgehead atoms. The van der Waals surface area contributed by atoms with Crippen molar-refractivity contribution in [1.82, 2.24) is 9.97 Å². The molecule has 0 aliphatic rings. The first kappa shape index (κ1) is 10.3. The number of hydrogen-bond acceptors (Lipinski definition) is 3. The van der Waals surface area contributed by atoms with Crippen molar-refractivity contribution >= 4 is 11.6 Å². The molecular weight excluding hydrogens is 216 g/mol. The average molecular weight is 227 g/mol. The van der Waals surface area contributed by atoms with Gasteiger partial charge in [-0.1, -0.05) is 11.6 Å². The zero-order valence-electron chi connectivity index (χ0n) is 8.25. The van der Waals surface area contributed by atoms with Gasteiger partial charge in [0.1, 0.15) is 22.4 Å². The molecular formula is C10H11ClN2O2. The predicted octanol–water partition coefficient (Wildman–Crippen LogP) is 2.17. The van der Waals surface area contributed by atoms with Crippen LogP contribution in [0, 0.1) is 6.92 Å². The van der Waals surface area contributed by atoms with Gasteiger partial charge in [-0.3, -0.25) is 0 Å². The van der Waals surface area contributed by atoms with Crippen LogP contribution in [-0.4, -0.2) is 21.7 Å². The van der Waals surface area contributed by atoms with Gasteiger partial charge >= 0.3 is 0 Å². The number of H-pyrrole nitrogens is 1. The van der Waals surface area contributed by atoms with Gasteiger partial charge in [0.05, 0.1) is 6.61 Å². The Balaban J connectivity index is 2.35. The van der Waals surface area contributed by atoms with Crippen LogP contribution in [0.4, 0.5) is 0 Å². The van der Waals surface area contributed by atoms with E-state index in [1.807, 2.05) is 19.1 Å². The van der Waals surface area contributed by atoms with Gasteiger partial charge in [0.15, 0.2) is 5.76 Å². The van der Waals surface area contributed by atoms with Gasteiger partial charge in [0, 0.05) is 6.42 Å². The second-order valence-electron chi connectivity index (χ2n) is 3.23. The number of imidazole rings is 1. The zero-order chi connectivity index (χ0) is 10.8. The molecule has 4 nitrogen and oxygen atoms in total. The quantitative estimate of drug-likeness (QED) is 0.843. The Hall–Kier alpha value is -1.26. The first-order valence-electron chi connectivity index (χ1n) is 4.62. The number of rotatable bonds is 3. The molecule has 2 heterocycles. The molecule has 0 spiro atoms. The van der Waals surface area contributed by atoms with E-state index in [4.69, 9.17) is 21.1 Å². The summed E-state index contributed by atoms with van der Waals surface area (Å²) < 4.78 is 5.41. The minimum absolute atomic E-state index is 0.0421. The maximum Gasteiger partial charge on any atom is 0.155 e. The number of halogens is 1. The lowest BCUT2D eigenvalue weighted by Gasteiger charge is -1.90. The lowest BCUT2D eigenvalue weighted by molar-refractivity contribution is 0.297. The molecule has 0 atom stereocenters. The highest BCUT2D eigenvalue weighted by Gasteiger charge is 2.13. The summed E-state index contributed by atoms with van der Waals surface area (Å²) in [7, 11) is 0. The van der Waals surface area contributed by atoms with Crippen molar-refractivity contribution in [1.29, 1.82) is 0 Å². The molecule has 15 heavy (non-hydrogen) atoms. The predicted molar refractivity (Wildman–Crippen MR) is 56.8 cm³/mol. The van der Waals surface area contributed by atoms with Crippen LogP contribution in [0.25, 0.3) is 11.5 Å². The minimum atomic E-state index is 0.0421. The standard InChI is InChI=1S/C10H11ClN2O2/c1-6-2-3-7(15-6)9-10(11)13-8(12-9)4-5-14/h2-3,14H,4-5H2,1H3,(H,12,13). The molecule has 0 aliphatic carbocycles. The lowest BCUT2D eigenvalue weighted by atomic mass is 10.3. The van der Waals surface area contributed by atoms with Crippen molar-refractivity contribution in [2.24, 2.45) is 0 Å². The highest BCUT2D eigenvalue weighted by atomic mass is 35.5. The van der Waals surface area contributed by atoms with Crippen LogP contribution in [-0.2, 0) is 6.42 Å². The summed E-state index contributed by atoms with van der Waals surface area (Å²) in [5, 5.41) is 9.21. The Kier molecular flexibility index (Phi) is 2.79. The molecule has 80 valence electrons. The Morgan fingerprint density at radius 1 is 1.53 bits per heavy atom. The number of nitrogens with one attached hydrogen (secondary N) is 1. The normalized spacial score (nSPS) is 10.9. The largest absolute Gasteiger partial charge is 0.460 e. The molecule has 0 fully saturated rings. The molecule has 0 radical (unpaired) electrons. The Labute approximate surface area is 91.9 Å².